The number of carbonyl (C=O) groups excluding carboxylic acids is 1. The maximum absolute atomic E-state index is 14.5. The van der Waals surface area contributed by atoms with E-state index in [1.165, 1.54) is 19.2 Å². The predicted molar refractivity (Wildman–Crippen MR) is 105 cm³/mol. The SMILES string of the molecule is CNC(=O)c1cccc(-c2ccc(CC(O)C(O)C(O)C(O)CCO)c(F)c2)c1. The first-order chi connectivity index (χ1) is 13.8. The lowest BCUT2D eigenvalue weighted by Crippen LogP contribution is -2.45. The summed E-state index contributed by atoms with van der Waals surface area (Å²) in [6, 6.07) is 11.0. The molecule has 0 spiro atoms. The number of rotatable bonds is 9. The van der Waals surface area contributed by atoms with Crippen molar-refractivity contribution in [2.24, 2.45) is 0 Å². The molecule has 0 aliphatic heterocycles. The third-order valence-electron chi connectivity index (χ3n) is 4.73. The molecule has 8 heteroatoms. The molecule has 0 saturated heterocycles. The van der Waals surface area contributed by atoms with E-state index >= 15 is 0 Å². The second kappa shape index (κ2) is 10.4. The highest BCUT2D eigenvalue weighted by atomic mass is 19.1. The zero-order valence-electron chi connectivity index (χ0n) is 16.0. The smallest absolute Gasteiger partial charge is 0.251 e. The van der Waals surface area contributed by atoms with Gasteiger partial charge in [0.1, 0.15) is 18.0 Å². The summed E-state index contributed by atoms with van der Waals surface area (Å²) in [6.45, 7) is -0.391. The topological polar surface area (TPSA) is 130 Å². The first-order valence-corrected chi connectivity index (χ1v) is 9.22. The van der Waals surface area contributed by atoms with E-state index in [1.807, 2.05) is 0 Å². The van der Waals surface area contributed by atoms with Crippen LogP contribution in [0.5, 0.6) is 0 Å². The van der Waals surface area contributed by atoms with Crippen molar-refractivity contribution in [2.45, 2.75) is 37.3 Å². The van der Waals surface area contributed by atoms with Gasteiger partial charge in [-0.25, -0.2) is 4.39 Å². The van der Waals surface area contributed by atoms with Gasteiger partial charge in [-0.15, -0.1) is 0 Å². The summed E-state index contributed by atoms with van der Waals surface area (Å²) >= 11 is 0. The summed E-state index contributed by atoms with van der Waals surface area (Å²) in [7, 11) is 1.52. The second-order valence-electron chi connectivity index (χ2n) is 6.80. The Morgan fingerprint density at radius 1 is 1.00 bits per heavy atom. The molecule has 158 valence electrons. The van der Waals surface area contributed by atoms with Gasteiger partial charge >= 0.3 is 0 Å². The van der Waals surface area contributed by atoms with Crippen LogP contribution in [0.15, 0.2) is 42.5 Å². The molecule has 0 aliphatic rings. The van der Waals surface area contributed by atoms with Crippen molar-refractivity contribution in [3.63, 3.8) is 0 Å². The molecule has 0 bridgehead atoms. The summed E-state index contributed by atoms with van der Waals surface area (Å²) in [5.74, 6) is -0.882. The Balaban J connectivity index is 2.14. The highest BCUT2D eigenvalue weighted by molar-refractivity contribution is 5.95. The van der Waals surface area contributed by atoms with Crippen molar-refractivity contribution in [1.29, 1.82) is 0 Å². The highest BCUT2D eigenvalue weighted by Crippen LogP contribution is 2.24. The van der Waals surface area contributed by atoms with Crippen LogP contribution in [0.25, 0.3) is 11.1 Å². The molecule has 4 atom stereocenters. The zero-order chi connectivity index (χ0) is 21.6. The third kappa shape index (κ3) is 5.81. The van der Waals surface area contributed by atoms with Gasteiger partial charge in [0.2, 0.25) is 0 Å². The first-order valence-electron chi connectivity index (χ1n) is 9.22. The molecule has 1 amide bonds. The number of halogens is 1. The standard InChI is InChI=1S/C21H26FNO6/c1-23-21(29)15-4-2-3-12(9-15)13-5-6-14(16(22)10-13)11-18(26)20(28)19(27)17(25)7-8-24/h2-6,9-10,17-20,24-28H,7-8,11H2,1H3,(H,23,29). The lowest BCUT2D eigenvalue weighted by atomic mass is 9.95. The predicted octanol–water partition coefficient (Wildman–Crippen LogP) is 0.221. The van der Waals surface area contributed by atoms with Gasteiger partial charge in [-0.3, -0.25) is 4.79 Å². The van der Waals surface area contributed by atoms with Crippen LogP contribution >= 0.6 is 0 Å². The molecule has 6 N–H and O–H groups in total. The van der Waals surface area contributed by atoms with E-state index in [4.69, 9.17) is 5.11 Å². The maximum atomic E-state index is 14.5. The second-order valence-corrected chi connectivity index (χ2v) is 6.80. The maximum Gasteiger partial charge on any atom is 0.251 e. The van der Waals surface area contributed by atoms with Crippen LogP contribution < -0.4 is 5.32 Å². The normalized spacial score (nSPS) is 15.4. The molecule has 0 aliphatic carbocycles. The van der Waals surface area contributed by atoms with Gasteiger partial charge in [-0.2, -0.15) is 0 Å². The van der Waals surface area contributed by atoms with Gasteiger partial charge in [0.15, 0.2) is 0 Å². The van der Waals surface area contributed by atoms with Crippen LogP contribution in [0.4, 0.5) is 4.39 Å². The molecule has 2 aromatic carbocycles. The summed E-state index contributed by atoms with van der Waals surface area (Å²) in [5.41, 5.74) is 1.72. The summed E-state index contributed by atoms with van der Waals surface area (Å²) in [4.78, 5) is 11.8. The van der Waals surface area contributed by atoms with Gasteiger partial charge in [0.05, 0.1) is 12.2 Å². The summed E-state index contributed by atoms with van der Waals surface area (Å²) < 4.78 is 14.5. The van der Waals surface area contributed by atoms with Crippen molar-refractivity contribution in [2.75, 3.05) is 13.7 Å². The first kappa shape index (κ1) is 22.9. The third-order valence-corrected chi connectivity index (χ3v) is 4.73. The number of hydrogen-bond acceptors (Lipinski definition) is 6. The van der Waals surface area contributed by atoms with Gasteiger partial charge < -0.3 is 30.8 Å². The molecule has 0 saturated carbocycles. The molecule has 7 nitrogen and oxygen atoms in total. The van der Waals surface area contributed by atoms with E-state index in [2.05, 4.69) is 5.32 Å². The van der Waals surface area contributed by atoms with E-state index in [0.717, 1.165) is 0 Å². The zero-order valence-corrected chi connectivity index (χ0v) is 16.0. The Labute approximate surface area is 168 Å². The number of hydrogen-bond donors (Lipinski definition) is 6. The van der Waals surface area contributed by atoms with Crippen molar-refractivity contribution >= 4 is 5.91 Å². The Bertz CT molecular complexity index is 831. The van der Waals surface area contributed by atoms with Gasteiger partial charge in [-0.1, -0.05) is 24.3 Å². The van der Waals surface area contributed by atoms with E-state index in [1.54, 1.807) is 30.3 Å². The number of aliphatic hydroxyl groups excluding tert-OH is 5. The lowest BCUT2D eigenvalue weighted by Gasteiger charge is -2.26. The summed E-state index contributed by atoms with van der Waals surface area (Å²) in [6.07, 6.45) is -6.76. The highest BCUT2D eigenvalue weighted by Gasteiger charge is 2.30. The fourth-order valence-corrected chi connectivity index (χ4v) is 2.98. The van der Waals surface area contributed by atoms with Gasteiger partial charge in [-0.05, 0) is 41.3 Å². The largest absolute Gasteiger partial charge is 0.396 e. The van der Waals surface area contributed by atoms with E-state index < -0.39 is 36.8 Å². The minimum absolute atomic E-state index is 0.117. The number of amides is 1. The Morgan fingerprint density at radius 3 is 2.28 bits per heavy atom. The molecule has 0 aromatic heterocycles. The minimum Gasteiger partial charge on any atom is -0.396 e. The van der Waals surface area contributed by atoms with Crippen molar-refractivity contribution in [3.05, 3.63) is 59.4 Å². The number of carbonyl (C=O) groups is 1. The molecule has 29 heavy (non-hydrogen) atoms. The molecular weight excluding hydrogens is 381 g/mol. The average molecular weight is 407 g/mol. The Morgan fingerprint density at radius 2 is 1.66 bits per heavy atom. The van der Waals surface area contributed by atoms with Crippen molar-refractivity contribution < 1.29 is 34.7 Å². The van der Waals surface area contributed by atoms with Crippen LogP contribution in [-0.2, 0) is 6.42 Å². The van der Waals surface area contributed by atoms with E-state index in [9.17, 15) is 29.6 Å². The fourth-order valence-electron chi connectivity index (χ4n) is 2.98. The van der Waals surface area contributed by atoms with Crippen LogP contribution in [0.3, 0.4) is 0 Å². The molecule has 2 rings (SSSR count). The molecule has 0 fully saturated rings. The summed E-state index contributed by atoms with van der Waals surface area (Å²) in [5, 5.41) is 50.8. The molecule has 4 unspecified atom stereocenters. The van der Waals surface area contributed by atoms with Crippen LogP contribution in [0, 0.1) is 5.82 Å². The van der Waals surface area contributed by atoms with Crippen LogP contribution in [-0.4, -0.2) is 69.5 Å². The van der Waals surface area contributed by atoms with E-state index in [0.29, 0.717) is 16.7 Å². The number of benzene rings is 2. The minimum atomic E-state index is -1.71. The monoisotopic (exact) mass is 407 g/mol. The fraction of sp³-hybridized carbons (Fsp3) is 0.381. The number of nitrogens with one attached hydrogen (secondary N) is 1. The van der Waals surface area contributed by atoms with Crippen molar-refractivity contribution in [1.82, 2.24) is 5.32 Å². The van der Waals surface area contributed by atoms with Gasteiger partial charge in [0.25, 0.3) is 5.91 Å². The van der Waals surface area contributed by atoms with Crippen LogP contribution in [0.1, 0.15) is 22.3 Å². The Kier molecular flexibility index (Phi) is 8.24. The molecule has 0 heterocycles. The van der Waals surface area contributed by atoms with Crippen LogP contribution in [0.2, 0.25) is 0 Å². The average Bonchev–Trinajstić information content (AvgIpc) is 2.73. The number of aliphatic hydroxyl groups is 5. The molecule has 2 aromatic rings. The quantitative estimate of drug-likeness (QED) is 0.353. The lowest BCUT2D eigenvalue weighted by molar-refractivity contribution is -0.108. The van der Waals surface area contributed by atoms with E-state index in [-0.39, 0.29) is 24.3 Å². The molecule has 0 radical (unpaired) electrons. The molecular formula is C21H26FNO6. The Hall–Kier alpha value is -2.36. The van der Waals surface area contributed by atoms with Crippen molar-refractivity contribution in [3.8, 4) is 11.1 Å². The van der Waals surface area contributed by atoms with Gasteiger partial charge in [0, 0.05) is 25.6 Å².